The number of hydrogen-bond donors (Lipinski definition) is 2. The number of benzene rings is 2. The molecule has 5 bridgehead atoms. The Kier molecular flexibility index (Phi) is 8.85. The third kappa shape index (κ3) is 5.43. The number of esters is 1. The van der Waals surface area contributed by atoms with E-state index in [-0.39, 0.29) is 30.8 Å². The molecule has 2 aromatic rings. The Morgan fingerprint density at radius 2 is 1.67 bits per heavy atom. The van der Waals surface area contributed by atoms with Crippen molar-refractivity contribution >= 4 is 23.7 Å². The fourth-order valence-electron chi connectivity index (χ4n) is 7.46. The number of likely N-dealkylation sites (tertiary alicyclic amines) is 1. The van der Waals surface area contributed by atoms with E-state index in [1.807, 2.05) is 86.7 Å². The molecule has 6 rings (SSSR count). The highest BCUT2D eigenvalue weighted by Crippen LogP contribution is 2.57. The Morgan fingerprint density at radius 3 is 2.35 bits per heavy atom. The maximum Gasteiger partial charge on any atom is 0.313 e. The lowest BCUT2D eigenvalue weighted by atomic mass is 9.74. The van der Waals surface area contributed by atoms with Crippen molar-refractivity contribution < 1.29 is 33.8 Å². The Balaban J connectivity index is 1.47. The molecule has 8 atom stereocenters. The zero-order valence-electron chi connectivity index (χ0n) is 26.3. The second-order valence-electron chi connectivity index (χ2n) is 12.8. The topological polar surface area (TPSA) is 125 Å². The summed E-state index contributed by atoms with van der Waals surface area (Å²) in [6.45, 7) is 5.39. The van der Waals surface area contributed by atoms with Gasteiger partial charge in [0.2, 0.25) is 17.7 Å². The van der Waals surface area contributed by atoms with Gasteiger partial charge in [-0.3, -0.25) is 19.2 Å². The van der Waals surface area contributed by atoms with Crippen LogP contribution in [0, 0.1) is 11.8 Å². The SMILES string of the molecule is CC(C)N1C/C=C\CCC(=O)N[C@H](C)[C@@H](c2ccccc2)OC(=O)[C@@H]2[C@@H]3C=C[C@]4(O3)[C@H](C1=O)N([C@H](CO)c1ccccc1)C(=O)[C@@H]24. The summed E-state index contributed by atoms with van der Waals surface area (Å²) in [5.74, 6) is -3.73. The van der Waals surface area contributed by atoms with Crippen LogP contribution in [0.4, 0.5) is 0 Å². The van der Waals surface area contributed by atoms with Gasteiger partial charge in [-0.1, -0.05) is 85.0 Å². The summed E-state index contributed by atoms with van der Waals surface area (Å²) >= 11 is 0. The molecule has 1 spiro atoms. The zero-order chi connectivity index (χ0) is 32.6. The number of aliphatic hydroxyl groups excluding tert-OH is 1. The van der Waals surface area contributed by atoms with E-state index in [0.29, 0.717) is 17.5 Å². The first-order valence-electron chi connectivity index (χ1n) is 16.0. The number of carbonyl (C=O) groups is 4. The lowest BCUT2D eigenvalue weighted by Gasteiger charge is -2.40. The van der Waals surface area contributed by atoms with Crippen LogP contribution in [-0.4, -0.2) is 81.6 Å². The molecule has 4 aliphatic heterocycles. The second-order valence-corrected chi connectivity index (χ2v) is 12.8. The Morgan fingerprint density at radius 1 is 0.978 bits per heavy atom. The normalized spacial score (nSPS) is 32.8. The van der Waals surface area contributed by atoms with E-state index in [2.05, 4.69) is 5.32 Å². The molecular formula is C36H41N3O7. The molecule has 2 fully saturated rings. The molecule has 46 heavy (non-hydrogen) atoms. The third-order valence-corrected chi connectivity index (χ3v) is 9.64. The lowest BCUT2D eigenvalue weighted by Crippen LogP contribution is -2.58. The summed E-state index contributed by atoms with van der Waals surface area (Å²) in [4.78, 5) is 59.6. The number of allylic oxidation sites excluding steroid dienone is 1. The van der Waals surface area contributed by atoms with Crippen LogP contribution in [0.1, 0.15) is 56.9 Å². The largest absolute Gasteiger partial charge is 0.455 e. The number of amides is 3. The Labute approximate surface area is 269 Å². The summed E-state index contributed by atoms with van der Waals surface area (Å²) < 4.78 is 12.7. The lowest BCUT2D eigenvalue weighted by molar-refractivity contribution is -0.162. The van der Waals surface area contributed by atoms with E-state index in [1.165, 1.54) is 4.90 Å². The molecule has 2 N–H and O–H groups in total. The quantitative estimate of drug-likeness (QED) is 0.385. The first-order chi connectivity index (χ1) is 22.2. The highest BCUT2D eigenvalue weighted by atomic mass is 16.6. The number of nitrogens with zero attached hydrogens (tertiary/aromatic N) is 2. The fourth-order valence-corrected chi connectivity index (χ4v) is 7.46. The van der Waals surface area contributed by atoms with Gasteiger partial charge in [-0.25, -0.2) is 0 Å². The molecule has 242 valence electrons. The highest BCUT2D eigenvalue weighted by Gasteiger charge is 2.74. The van der Waals surface area contributed by atoms with Crippen molar-refractivity contribution in [1.29, 1.82) is 0 Å². The van der Waals surface area contributed by atoms with Crippen molar-refractivity contribution in [2.45, 2.75) is 75.6 Å². The van der Waals surface area contributed by atoms with Crippen LogP contribution in [-0.2, 0) is 28.7 Å². The molecule has 2 aromatic carbocycles. The molecule has 0 unspecified atom stereocenters. The van der Waals surface area contributed by atoms with E-state index in [0.717, 1.165) is 0 Å². The Bertz CT molecular complexity index is 1530. The van der Waals surface area contributed by atoms with Gasteiger partial charge in [0, 0.05) is 19.0 Å². The molecule has 0 radical (unpaired) electrons. The minimum atomic E-state index is -1.43. The van der Waals surface area contributed by atoms with E-state index in [9.17, 15) is 24.3 Å². The molecule has 10 heteroatoms. The average molecular weight is 628 g/mol. The van der Waals surface area contributed by atoms with Crippen molar-refractivity contribution in [3.63, 3.8) is 0 Å². The standard InChI is InChI=1S/C36H41N3O7/c1-22(2)38-20-12-6-11-17-28(41)37-23(3)31(25-15-9-5-10-16-25)45-35(44)29-27-18-19-36(46-27)30(29)33(42)39(32(36)34(38)43)26(21-40)24-13-7-4-8-14-24/h4-10,12-16,18-19,22-23,26-27,29-32,40H,11,17,20-21H2,1-3H3,(H,37,41)/b12-6-/t23-,26-,27+,29-,30-,31+,32+,36-/m1/s1. The van der Waals surface area contributed by atoms with Gasteiger partial charge in [-0.15, -0.1) is 0 Å². The average Bonchev–Trinajstić information content (AvgIpc) is 3.69. The van der Waals surface area contributed by atoms with Crippen LogP contribution in [0.2, 0.25) is 0 Å². The number of hydrogen-bond acceptors (Lipinski definition) is 7. The molecule has 4 heterocycles. The van der Waals surface area contributed by atoms with Gasteiger partial charge in [0.1, 0.15) is 23.7 Å². The van der Waals surface area contributed by atoms with Crippen LogP contribution >= 0.6 is 0 Å². The van der Waals surface area contributed by atoms with Crippen molar-refractivity contribution in [3.05, 3.63) is 96.1 Å². The molecular weight excluding hydrogens is 586 g/mol. The molecule has 0 saturated carbocycles. The molecule has 4 aliphatic rings. The second kappa shape index (κ2) is 12.8. The first-order valence-corrected chi connectivity index (χ1v) is 16.0. The van der Waals surface area contributed by atoms with E-state index < -0.39 is 66.3 Å². The van der Waals surface area contributed by atoms with Gasteiger partial charge in [0.25, 0.3) is 0 Å². The van der Waals surface area contributed by atoms with Gasteiger partial charge in [-0.05, 0) is 38.3 Å². The number of fused-ring (bicyclic) bond motifs is 2. The third-order valence-electron chi connectivity index (χ3n) is 9.64. The van der Waals surface area contributed by atoms with Crippen molar-refractivity contribution in [1.82, 2.24) is 15.1 Å². The smallest absolute Gasteiger partial charge is 0.313 e. The number of cyclic esters (lactones) is 1. The van der Waals surface area contributed by atoms with Crippen LogP contribution in [0.25, 0.3) is 0 Å². The zero-order valence-corrected chi connectivity index (χ0v) is 26.3. The summed E-state index contributed by atoms with van der Waals surface area (Å²) in [6.07, 6.45) is 6.28. The van der Waals surface area contributed by atoms with Crippen LogP contribution < -0.4 is 5.32 Å². The predicted octanol–water partition coefficient (Wildman–Crippen LogP) is 3.25. The van der Waals surface area contributed by atoms with Gasteiger partial charge in [0.15, 0.2) is 0 Å². The van der Waals surface area contributed by atoms with E-state index >= 15 is 0 Å². The summed E-state index contributed by atoms with van der Waals surface area (Å²) in [5.41, 5.74) is -0.0744. The van der Waals surface area contributed by atoms with E-state index in [1.54, 1.807) is 24.0 Å². The fraction of sp³-hybridized carbons (Fsp3) is 0.444. The predicted molar refractivity (Wildman–Crippen MR) is 169 cm³/mol. The molecule has 0 aromatic heterocycles. The maximum atomic E-state index is 14.7. The van der Waals surface area contributed by atoms with E-state index in [4.69, 9.17) is 9.47 Å². The number of aliphatic hydroxyl groups is 1. The van der Waals surface area contributed by atoms with Gasteiger partial charge >= 0.3 is 5.97 Å². The van der Waals surface area contributed by atoms with Crippen LogP contribution in [0.15, 0.2) is 85.0 Å². The van der Waals surface area contributed by atoms with Crippen LogP contribution in [0.3, 0.4) is 0 Å². The number of carbonyl (C=O) groups excluding carboxylic acids is 4. The van der Waals surface area contributed by atoms with Crippen molar-refractivity contribution in [2.24, 2.45) is 11.8 Å². The Hall–Kier alpha value is -4.28. The minimum absolute atomic E-state index is 0.193. The number of rotatable bonds is 5. The molecule has 0 aliphatic carbocycles. The van der Waals surface area contributed by atoms with Gasteiger partial charge in [0.05, 0.1) is 30.7 Å². The van der Waals surface area contributed by atoms with Crippen LogP contribution in [0.5, 0.6) is 0 Å². The summed E-state index contributed by atoms with van der Waals surface area (Å²) in [5, 5.41) is 13.7. The van der Waals surface area contributed by atoms with Gasteiger partial charge in [-0.2, -0.15) is 0 Å². The summed E-state index contributed by atoms with van der Waals surface area (Å²) in [6, 6.07) is 15.5. The van der Waals surface area contributed by atoms with Crippen molar-refractivity contribution in [2.75, 3.05) is 13.2 Å². The highest BCUT2D eigenvalue weighted by molar-refractivity contribution is 5.99. The number of ether oxygens (including phenoxy) is 2. The first kappa shape index (κ1) is 31.7. The molecule has 2 saturated heterocycles. The molecule has 10 nitrogen and oxygen atoms in total. The van der Waals surface area contributed by atoms with Gasteiger partial charge < -0.3 is 29.7 Å². The maximum absolute atomic E-state index is 14.7. The van der Waals surface area contributed by atoms with Crippen molar-refractivity contribution in [3.8, 4) is 0 Å². The molecule has 3 amide bonds. The monoisotopic (exact) mass is 627 g/mol. The number of nitrogens with one attached hydrogen (secondary N) is 1. The summed E-state index contributed by atoms with van der Waals surface area (Å²) in [7, 11) is 0. The minimum Gasteiger partial charge on any atom is -0.455 e.